The number of rotatable bonds is 5. The van der Waals surface area contributed by atoms with Gasteiger partial charge in [-0.3, -0.25) is 4.79 Å². The fourth-order valence-electron chi connectivity index (χ4n) is 2.67. The number of aliphatic hydroxyl groups is 1. The van der Waals surface area contributed by atoms with Crippen molar-refractivity contribution in [3.63, 3.8) is 0 Å². The summed E-state index contributed by atoms with van der Waals surface area (Å²) in [5.41, 5.74) is 0.985. The topological polar surface area (TPSA) is 62.2 Å². The van der Waals surface area contributed by atoms with Crippen LogP contribution in [0.2, 0.25) is 0 Å². The Morgan fingerprint density at radius 2 is 2.24 bits per heavy atom. The molecular formula is C17H22N2O2. The highest BCUT2D eigenvalue weighted by Crippen LogP contribution is 2.26. The van der Waals surface area contributed by atoms with Gasteiger partial charge in [0.1, 0.15) is 5.69 Å². The van der Waals surface area contributed by atoms with Crippen LogP contribution in [0.1, 0.15) is 54.6 Å². The molecule has 0 unspecified atom stereocenters. The average molecular weight is 286 g/mol. The molecule has 1 aliphatic rings. The molecule has 21 heavy (non-hydrogen) atoms. The van der Waals surface area contributed by atoms with Gasteiger partial charge in [-0.25, -0.2) is 4.98 Å². The Kier molecular flexibility index (Phi) is 6.23. The van der Waals surface area contributed by atoms with Crippen molar-refractivity contribution in [1.82, 2.24) is 10.3 Å². The molecule has 0 spiro atoms. The van der Waals surface area contributed by atoms with E-state index in [1.807, 2.05) is 0 Å². The quantitative estimate of drug-likeness (QED) is 0.815. The van der Waals surface area contributed by atoms with Crippen molar-refractivity contribution >= 4 is 5.91 Å². The van der Waals surface area contributed by atoms with Crippen LogP contribution in [0.15, 0.2) is 18.3 Å². The van der Waals surface area contributed by atoms with E-state index in [4.69, 9.17) is 5.11 Å². The lowest BCUT2D eigenvalue weighted by Crippen LogP contribution is -2.27. The van der Waals surface area contributed by atoms with E-state index in [1.54, 1.807) is 18.3 Å². The van der Waals surface area contributed by atoms with E-state index < -0.39 is 0 Å². The number of carbonyl (C=O) groups excluding carboxylic acids is 1. The summed E-state index contributed by atoms with van der Waals surface area (Å²) in [6.07, 6.45) is 8.27. The lowest BCUT2D eigenvalue weighted by atomic mass is 10.0. The summed E-state index contributed by atoms with van der Waals surface area (Å²) >= 11 is 0. The van der Waals surface area contributed by atoms with Gasteiger partial charge in [-0.15, -0.1) is 0 Å². The SMILES string of the molecule is O=C(NCCC1CCCC1)c1ncccc1C#CCCO. The van der Waals surface area contributed by atoms with Crippen molar-refractivity contribution in [1.29, 1.82) is 0 Å². The molecule has 112 valence electrons. The fourth-order valence-corrected chi connectivity index (χ4v) is 2.67. The molecule has 0 bridgehead atoms. The molecule has 1 heterocycles. The highest BCUT2D eigenvalue weighted by Gasteiger charge is 2.16. The molecule has 2 rings (SSSR count). The maximum atomic E-state index is 12.2. The monoisotopic (exact) mass is 286 g/mol. The van der Waals surface area contributed by atoms with Crippen LogP contribution in [-0.4, -0.2) is 29.1 Å². The second kappa shape index (κ2) is 8.43. The summed E-state index contributed by atoms with van der Waals surface area (Å²) in [7, 11) is 0. The third kappa shape index (κ3) is 4.87. The van der Waals surface area contributed by atoms with Crippen LogP contribution in [0.4, 0.5) is 0 Å². The van der Waals surface area contributed by atoms with Crippen LogP contribution in [0.5, 0.6) is 0 Å². The summed E-state index contributed by atoms with van der Waals surface area (Å²) < 4.78 is 0. The number of hydrogen-bond donors (Lipinski definition) is 2. The smallest absolute Gasteiger partial charge is 0.271 e. The highest BCUT2D eigenvalue weighted by molar-refractivity contribution is 5.94. The average Bonchev–Trinajstić information content (AvgIpc) is 3.01. The van der Waals surface area contributed by atoms with E-state index in [2.05, 4.69) is 22.1 Å². The van der Waals surface area contributed by atoms with E-state index in [-0.39, 0.29) is 12.5 Å². The lowest BCUT2D eigenvalue weighted by Gasteiger charge is -2.10. The Morgan fingerprint density at radius 1 is 1.43 bits per heavy atom. The Labute approximate surface area is 126 Å². The minimum Gasteiger partial charge on any atom is -0.395 e. The third-order valence-electron chi connectivity index (χ3n) is 3.80. The number of nitrogens with zero attached hydrogens (tertiary/aromatic N) is 1. The molecule has 4 nitrogen and oxygen atoms in total. The number of pyridine rings is 1. The molecule has 1 saturated carbocycles. The van der Waals surface area contributed by atoms with Gasteiger partial charge in [0.05, 0.1) is 12.2 Å². The molecule has 0 aromatic carbocycles. The first-order valence-electron chi connectivity index (χ1n) is 7.64. The van der Waals surface area contributed by atoms with Gasteiger partial charge in [0.15, 0.2) is 0 Å². The molecule has 1 aromatic rings. The van der Waals surface area contributed by atoms with Gasteiger partial charge in [-0.2, -0.15) is 0 Å². The second-order valence-electron chi connectivity index (χ2n) is 5.37. The minimum absolute atomic E-state index is 0.0240. The highest BCUT2D eigenvalue weighted by atomic mass is 16.2. The largest absolute Gasteiger partial charge is 0.395 e. The van der Waals surface area contributed by atoms with Gasteiger partial charge in [0, 0.05) is 19.2 Å². The van der Waals surface area contributed by atoms with Gasteiger partial charge in [0.2, 0.25) is 0 Å². The summed E-state index contributed by atoms with van der Waals surface area (Å²) in [4.78, 5) is 16.3. The zero-order valence-corrected chi connectivity index (χ0v) is 12.3. The van der Waals surface area contributed by atoms with Gasteiger partial charge in [-0.05, 0) is 24.5 Å². The standard InChI is InChI=1S/C17H22N2O2/c20-13-4-3-8-15-9-5-11-18-16(15)17(21)19-12-10-14-6-1-2-7-14/h5,9,11,14,20H,1-2,4,6-7,10,12-13H2,(H,19,21). The van der Waals surface area contributed by atoms with Crippen molar-refractivity contribution in [2.75, 3.05) is 13.2 Å². The Bertz CT molecular complexity index is 525. The van der Waals surface area contributed by atoms with Crippen LogP contribution in [0.25, 0.3) is 0 Å². The summed E-state index contributed by atoms with van der Waals surface area (Å²) in [5.74, 6) is 6.32. The van der Waals surface area contributed by atoms with Gasteiger partial charge < -0.3 is 10.4 Å². The molecular weight excluding hydrogens is 264 g/mol. The van der Waals surface area contributed by atoms with Gasteiger partial charge in [-0.1, -0.05) is 37.5 Å². The Hall–Kier alpha value is -1.86. The number of carbonyl (C=O) groups is 1. The molecule has 0 atom stereocenters. The first-order chi connectivity index (χ1) is 10.3. The zero-order chi connectivity index (χ0) is 14.9. The Morgan fingerprint density at radius 3 is 3.00 bits per heavy atom. The number of aliphatic hydroxyl groups excluding tert-OH is 1. The van der Waals surface area contributed by atoms with Crippen LogP contribution in [0.3, 0.4) is 0 Å². The zero-order valence-electron chi connectivity index (χ0n) is 12.3. The fraction of sp³-hybridized carbons (Fsp3) is 0.529. The first kappa shape index (κ1) is 15.5. The number of aromatic nitrogens is 1. The van der Waals surface area contributed by atoms with E-state index >= 15 is 0 Å². The molecule has 0 aliphatic heterocycles. The molecule has 4 heteroatoms. The molecule has 2 N–H and O–H groups in total. The first-order valence-corrected chi connectivity index (χ1v) is 7.64. The Balaban J connectivity index is 1.90. The predicted octanol–water partition coefficient (Wildman–Crippen LogP) is 2.13. The normalized spacial score (nSPS) is 14.5. The van der Waals surface area contributed by atoms with E-state index in [1.165, 1.54) is 25.7 Å². The van der Waals surface area contributed by atoms with E-state index in [0.29, 0.717) is 24.2 Å². The molecule has 1 fully saturated rings. The van der Waals surface area contributed by atoms with Crippen LogP contribution < -0.4 is 5.32 Å². The minimum atomic E-state index is -0.165. The van der Waals surface area contributed by atoms with Gasteiger partial charge in [0.25, 0.3) is 5.91 Å². The van der Waals surface area contributed by atoms with Crippen molar-refractivity contribution in [2.24, 2.45) is 5.92 Å². The van der Waals surface area contributed by atoms with Crippen LogP contribution in [-0.2, 0) is 0 Å². The van der Waals surface area contributed by atoms with E-state index in [9.17, 15) is 4.79 Å². The van der Waals surface area contributed by atoms with Crippen LogP contribution >= 0.6 is 0 Å². The second-order valence-corrected chi connectivity index (χ2v) is 5.37. The molecule has 0 radical (unpaired) electrons. The molecule has 1 aliphatic carbocycles. The van der Waals surface area contributed by atoms with Crippen molar-refractivity contribution in [3.8, 4) is 11.8 Å². The van der Waals surface area contributed by atoms with Crippen molar-refractivity contribution in [2.45, 2.75) is 38.5 Å². The summed E-state index contributed by atoms with van der Waals surface area (Å²) in [6.45, 7) is 0.722. The maximum Gasteiger partial charge on any atom is 0.271 e. The molecule has 1 aromatic heterocycles. The number of nitrogens with one attached hydrogen (secondary N) is 1. The lowest BCUT2D eigenvalue weighted by molar-refractivity contribution is 0.0946. The maximum absolute atomic E-state index is 12.2. The number of hydrogen-bond acceptors (Lipinski definition) is 3. The molecule has 0 saturated heterocycles. The number of amides is 1. The predicted molar refractivity (Wildman–Crippen MR) is 81.7 cm³/mol. The van der Waals surface area contributed by atoms with Crippen LogP contribution in [0, 0.1) is 17.8 Å². The summed E-state index contributed by atoms with van der Waals surface area (Å²) in [5, 5.41) is 11.7. The van der Waals surface area contributed by atoms with Gasteiger partial charge >= 0.3 is 0 Å². The van der Waals surface area contributed by atoms with Crippen molar-refractivity contribution < 1.29 is 9.90 Å². The molecule has 1 amide bonds. The third-order valence-corrected chi connectivity index (χ3v) is 3.80. The summed E-state index contributed by atoms with van der Waals surface area (Å²) in [6, 6.07) is 3.54. The van der Waals surface area contributed by atoms with Crippen molar-refractivity contribution in [3.05, 3.63) is 29.6 Å². The van der Waals surface area contributed by atoms with E-state index in [0.717, 1.165) is 12.3 Å².